The second-order valence-corrected chi connectivity index (χ2v) is 10.1. The van der Waals surface area contributed by atoms with Gasteiger partial charge >= 0.3 is 18.1 Å². The molecule has 0 atom stereocenters. The third-order valence-electron chi connectivity index (χ3n) is 5.88. The number of ether oxygens (including phenoxy) is 3. The van der Waals surface area contributed by atoms with Gasteiger partial charge in [-0.15, -0.1) is 0 Å². The zero-order valence-corrected chi connectivity index (χ0v) is 22.5. The average Bonchev–Trinajstić information content (AvgIpc) is 2.88. The summed E-state index contributed by atoms with van der Waals surface area (Å²) in [5.41, 5.74) is 2.31. The molecule has 2 aromatic carbocycles. The number of hydrogen-bond donors (Lipinski definition) is 3. The van der Waals surface area contributed by atoms with Crippen LogP contribution in [0.5, 0.6) is 5.75 Å². The number of hydrogen-bond acceptors (Lipinski definition) is 7. The van der Waals surface area contributed by atoms with Gasteiger partial charge < -0.3 is 35.1 Å². The molecular formula is C28H38N4O6. The molecule has 0 bridgehead atoms. The van der Waals surface area contributed by atoms with Gasteiger partial charge in [-0.25, -0.2) is 14.4 Å². The van der Waals surface area contributed by atoms with E-state index in [9.17, 15) is 14.4 Å². The third-order valence-corrected chi connectivity index (χ3v) is 5.88. The van der Waals surface area contributed by atoms with Crippen molar-refractivity contribution in [2.45, 2.75) is 51.7 Å². The Labute approximate surface area is 224 Å². The largest absolute Gasteiger partial charge is 0.482 e. The lowest BCUT2D eigenvalue weighted by Gasteiger charge is -2.33. The molecule has 1 heterocycles. The van der Waals surface area contributed by atoms with Crippen molar-refractivity contribution in [1.82, 2.24) is 10.2 Å². The number of methoxy groups -OCH3 is 1. The van der Waals surface area contributed by atoms with Gasteiger partial charge in [0.2, 0.25) is 0 Å². The van der Waals surface area contributed by atoms with E-state index in [2.05, 4.69) is 20.7 Å². The van der Waals surface area contributed by atoms with E-state index in [1.807, 2.05) is 45.0 Å². The molecule has 1 aliphatic heterocycles. The van der Waals surface area contributed by atoms with Gasteiger partial charge in [0.05, 0.1) is 7.11 Å². The number of alkyl carbamates (subject to hydrolysis) is 1. The minimum absolute atomic E-state index is 0.143. The summed E-state index contributed by atoms with van der Waals surface area (Å²) in [6.45, 7) is 7.16. The number of benzene rings is 2. The molecule has 0 unspecified atom stereocenters. The highest BCUT2D eigenvalue weighted by Crippen LogP contribution is 2.20. The molecule has 0 radical (unpaired) electrons. The summed E-state index contributed by atoms with van der Waals surface area (Å²) in [5, 5.41) is 9.23. The first-order valence-corrected chi connectivity index (χ1v) is 12.8. The summed E-state index contributed by atoms with van der Waals surface area (Å²) in [4.78, 5) is 37.4. The highest BCUT2D eigenvalue weighted by atomic mass is 16.6. The highest BCUT2D eigenvalue weighted by molar-refractivity contribution is 5.89. The van der Waals surface area contributed by atoms with Gasteiger partial charge in [-0.1, -0.05) is 12.1 Å². The van der Waals surface area contributed by atoms with Crippen LogP contribution >= 0.6 is 0 Å². The lowest BCUT2D eigenvalue weighted by molar-refractivity contribution is -0.142. The second kappa shape index (κ2) is 13.6. The van der Waals surface area contributed by atoms with E-state index in [0.717, 1.165) is 30.5 Å². The SMILES string of the molecule is COC(=O)COc1ccc(NC(=O)N2CCC(Nc3ccc(CCNC(=O)OC(C)(C)C)cc3)CC2)cc1. The molecular weight excluding hydrogens is 488 g/mol. The summed E-state index contributed by atoms with van der Waals surface area (Å²) in [7, 11) is 1.30. The third kappa shape index (κ3) is 9.84. The van der Waals surface area contributed by atoms with Crippen LogP contribution in [0.15, 0.2) is 48.5 Å². The molecule has 10 heteroatoms. The molecule has 3 amide bonds. The average molecular weight is 527 g/mol. The number of nitrogens with zero attached hydrogens (tertiary/aromatic N) is 1. The lowest BCUT2D eigenvalue weighted by Crippen LogP contribution is -2.44. The molecule has 0 aliphatic carbocycles. The fraction of sp³-hybridized carbons (Fsp3) is 0.464. The minimum Gasteiger partial charge on any atom is -0.482 e. The summed E-state index contributed by atoms with van der Waals surface area (Å²) in [6.07, 6.45) is 2.00. The first-order chi connectivity index (χ1) is 18.1. The number of rotatable bonds is 9. The van der Waals surface area contributed by atoms with Crippen LogP contribution in [0.1, 0.15) is 39.2 Å². The van der Waals surface area contributed by atoms with Gasteiger partial charge in [0, 0.05) is 37.1 Å². The Morgan fingerprint density at radius 1 is 0.947 bits per heavy atom. The van der Waals surface area contributed by atoms with Crippen molar-refractivity contribution >= 4 is 29.5 Å². The number of urea groups is 1. The van der Waals surface area contributed by atoms with Gasteiger partial charge in [-0.05, 0) is 82.0 Å². The molecule has 1 fully saturated rings. The van der Waals surface area contributed by atoms with Crippen LogP contribution in [0.3, 0.4) is 0 Å². The highest BCUT2D eigenvalue weighted by Gasteiger charge is 2.23. The standard InChI is InChI=1S/C28H38N4O6/c1-28(2,3)38-27(35)29-16-13-20-5-7-21(8-6-20)30-23-14-17-32(18-15-23)26(34)31-22-9-11-24(12-10-22)37-19-25(33)36-4/h5-12,23,30H,13-19H2,1-4H3,(H,29,35)(H,31,34). The molecule has 1 aliphatic rings. The zero-order valence-electron chi connectivity index (χ0n) is 22.5. The molecule has 0 aromatic heterocycles. The van der Waals surface area contributed by atoms with Crippen LogP contribution in [-0.2, 0) is 20.7 Å². The Kier molecular flexibility index (Phi) is 10.2. The Bertz CT molecular complexity index is 1060. The van der Waals surface area contributed by atoms with Crippen LogP contribution in [0.25, 0.3) is 0 Å². The molecule has 38 heavy (non-hydrogen) atoms. The Morgan fingerprint density at radius 3 is 2.18 bits per heavy atom. The molecule has 3 N–H and O–H groups in total. The fourth-order valence-corrected chi connectivity index (χ4v) is 3.89. The summed E-state index contributed by atoms with van der Waals surface area (Å²) in [5.74, 6) is 0.0627. The summed E-state index contributed by atoms with van der Waals surface area (Å²) in [6, 6.07) is 15.2. The first kappa shape index (κ1) is 28.6. The first-order valence-electron chi connectivity index (χ1n) is 12.8. The lowest BCUT2D eigenvalue weighted by atomic mass is 10.0. The van der Waals surface area contributed by atoms with Gasteiger partial charge in [0.25, 0.3) is 0 Å². The van der Waals surface area contributed by atoms with E-state index in [-0.39, 0.29) is 18.7 Å². The van der Waals surface area contributed by atoms with E-state index < -0.39 is 17.7 Å². The number of esters is 1. The second-order valence-electron chi connectivity index (χ2n) is 10.1. The van der Waals surface area contributed by atoms with E-state index in [1.165, 1.54) is 7.11 Å². The quantitative estimate of drug-likeness (QED) is 0.414. The number of nitrogens with one attached hydrogen (secondary N) is 3. The van der Waals surface area contributed by atoms with Crippen molar-refractivity contribution < 1.29 is 28.6 Å². The normalized spacial score (nSPS) is 13.8. The number of piperidine rings is 1. The van der Waals surface area contributed by atoms with Crippen LogP contribution in [0, 0.1) is 0 Å². The fourth-order valence-electron chi connectivity index (χ4n) is 3.89. The van der Waals surface area contributed by atoms with E-state index in [0.29, 0.717) is 31.1 Å². The Morgan fingerprint density at radius 2 is 1.58 bits per heavy atom. The van der Waals surface area contributed by atoms with Crippen molar-refractivity contribution in [3.8, 4) is 5.75 Å². The van der Waals surface area contributed by atoms with Crippen LogP contribution < -0.4 is 20.7 Å². The van der Waals surface area contributed by atoms with E-state index >= 15 is 0 Å². The maximum atomic E-state index is 12.7. The Hall–Kier alpha value is -3.95. The monoisotopic (exact) mass is 526 g/mol. The number of carbonyl (C=O) groups excluding carboxylic acids is 3. The molecule has 3 rings (SSSR count). The molecule has 0 spiro atoms. The van der Waals surface area contributed by atoms with Gasteiger partial charge in [-0.3, -0.25) is 0 Å². The predicted molar refractivity (Wildman–Crippen MR) is 146 cm³/mol. The number of anilines is 2. The molecule has 1 saturated heterocycles. The maximum absolute atomic E-state index is 12.7. The number of carbonyl (C=O) groups is 3. The van der Waals surface area contributed by atoms with Crippen LogP contribution in [0.4, 0.5) is 21.0 Å². The summed E-state index contributed by atoms with van der Waals surface area (Å²) < 4.78 is 15.1. The van der Waals surface area contributed by atoms with Crippen molar-refractivity contribution in [2.75, 3.05) is 44.0 Å². The molecule has 2 aromatic rings. The van der Waals surface area contributed by atoms with Gasteiger partial charge in [0.1, 0.15) is 11.4 Å². The van der Waals surface area contributed by atoms with Crippen molar-refractivity contribution in [1.29, 1.82) is 0 Å². The smallest absolute Gasteiger partial charge is 0.407 e. The van der Waals surface area contributed by atoms with E-state index in [4.69, 9.17) is 9.47 Å². The summed E-state index contributed by atoms with van der Waals surface area (Å²) >= 11 is 0. The van der Waals surface area contributed by atoms with Gasteiger partial charge in [-0.2, -0.15) is 0 Å². The minimum atomic E-state index is -0.506. The van der Waals surface area contributed by atoms with Gasteiger partial charge in [0.15, 0.2) is 6.61 Å². The Balaban J connectivity index is 1.36. The predicted octanol–water partition coefficient (Wildman–Crippen LogP) is 4.41. The van der Waals surface area contributed by atoms with Crippen LogP contribution in [0.2, 0.25) is 0 Å². The zero-order chi connectivity index (χ0) is 27.5. The molecule has 206 valence electrons. The van der Waals surface area contributed by atoms with Crippen molar-refractivity contribution in [3.63, 3.8) is 0 Å². The van der Waals surface area contributed by atoms with E-state index in [1.54, 1.807) is 29.2 Å². The maximum Gasteiger partial charge on any atom is 0.407 e. The van der Waals surface area contributed by atoms with Crippen molar-refractivity contribution in [3.05, 3.63) is 54.1 Å². The number of amides is 3. The molecule has 0 saturated carbocycles. The molecule has 10 nitrogen and oxygen atoms in total. The number of likely N-dealkylation sites (tertiary alicyclic amines) is 1. The van der Waals surface area contributed by atoms with Crippen molar-refractivity contribution in [2.24, 2.45) is 0 Å². The van der Waals surface area contributed by atoms with Crippen LogP contribution in [-0.4, -0.2) is 68.0 Å². The topological polar surface area (TPSA) is 118 Å².